The number of hydrogen-bond donors (Lipinski definition) is 1. The van der Waals surface area contributed by atoms with E-state index in [-0.39, 0.29) is 5.91 Å². The van der Waals surface area contributed by atoms with Crippen LogP contribution in [0, 0.1) is 3.77 Å². The first kappa shape index (κ1) is 14.3. The van der Waals surface area contributed by atoms with E-state index in [4.69, 9.17) is 4.42 Å². The molecule has 0 bridgehead atoms. The van der Waals surface area contributed by atoms with Crippen molar-refractivity contribution in [2.45, 2.75) is 6.54 Å². The second kappa shape index (κ2) is 6.40. The van der Waals surface area contributed by atoms with Crippen molar-refractivity contribution in [1.29, 1.82) is 0 Å². The highest BCUT2D eigenvalue weighted by molar-refractivity contribution is 14.1. The molecule has 0 aliphatic carbocycles. The van der Waals surface area contributed by atoms with E-state index in [9.17, 15) is 4.79 Å². The van der Waals surface area contributed by atoms with Crippen molar-refractivity contribution < 1.29 is 9.21 Å². The van der Waals surface area contributed by atoms with Gasteiger partial charge in [0.1, 0.15) is 10.8 Å². The molecule has 0 radical (unpaired) electrons. The molecular formula is C15H11IN2O2S. The maximum atomic E-state index is 11.7. The van der Waals surface area contributed by atoms with E-state index >= 15 is 0 Å². The molecule has 0 atom stereocenters. The minimum atomic E-state index is -0.166. The number of rotatable bonds is 4. The Hall–Kier alpha value is -1.67. The number of nitrogens with zero attached hydrogens (tertiary/aromatic N) is 1. The summed E-state index contributed by atoms with van der Waals surface area (Å²) in [5.74, 6) is 0.496. The zero-order valence-corrected chi connectivity index (χ0v) is 13.8. The summed E-state index contributed by atoms with van der Waals surface area (Å²) in [6, 6.07) is 11.6. The molecule has 21 heavy (non-hydrogen) atoms. The minimum Gasteiger partial charge on any atom is -0.451 e. The number of benzene rings is 1. The van der Waals surface area contributed by atoms with Crippen LogP contribution in [0.2, 0.25) is 0 Å². The molecule has 0 spiro atoms. The zero-order valence-electron chi connectivity index (χ0n) is 10.9. The lowest BCUT2D eigenvalue weighted by Crippen LogP contribution is -2.19. The second-order valence-electron chi connectivity index (χ2n) is 4.27. The average molecular weight is 410 g/mol. The van der Waals surface area contributed by atoms with Crippen LogP contribution in [-0.4, -0.2) is 10.9 Å². The molecule has 0 unspecified atom stereocenters. The summed E-state index contributed by atoms with van der Waals surface area (Å²) in [5.41, 5.74) is 0.965. The average Bonchev–Trinajstić information content (AvgIpc) is 3.08. The van der Waals surface area contributed by atoms with Crippen LogP contribution in [0.4, 0.5) is 0 Å². The lowest BCUT2D eigenvalue weighted by molar-refractivity contribution is -0.116. The van der Waals surface area contributed by atoms with E-state index in [2.05, 4.69) is 32.9 Å². The molecular weight excluding hydrogens is 399 g/mol. The second-order valence-corrected chi connectivity index (χ2v) is 6.45. The maximum absolute atomic E-state index is 11.7. The first-order valence-corrected chi connectivity index (χ1v) is 8.16. The van der Waals surface area contributed by atoms with Crippen molar-refractivity contribution in [3.05, 3.63) is 57.0 Å². The summed E-state index contributed by atoms with van der Waals surface area (Å²) in [6.07, 6.45) is 3.11. The molecule has 3 aromatic rings. The number of fused-ring (bicyclic) bond motifs is 1. The lowest BCUT2D eigenvalue weighted by Gasteiger charge is -1.97. The molecule has 0 saturated carbocycles. The van der Waals surface area contributed by atoms with Gasteiger partial charge < -0.3 is 9.73 Å². The third-order valence-electron chi connectivity index (χ3n) is 2.74. The Balaban J connectivity index is 1.59. The summed E-state index contributed by atoms with van der Waals surface area (Å²) >= 11 is 3.67. The van der Waals surface area contributed by atoms with Gasteiger partial charge in [-0.05, 0) is 52.9 Å². The molecule has 1 N–H and O–H groups in total. The highest BCUT2D eigenvalue weighted by atomic mass is 127. The van der Waals surface area contributed by atoms with Crippen LogP contribution < -0.4 is 5.32 Å². The normalized spacial score (nSPS) is 11.3. The number of hydrogen-bond acceptors (Lipinski definition) is 4. The Morgan fingerprint density at radius 2 is 2.19 bits per heavy atom. The van der Waals surface area contributed by atoms with E-state index in [1.807, 2.05) is 36.4 Å². The summed E-state index contributed by atoms with van der Waals surface area (Å²) in [7, 11) is 0. The fraction of sp³-hybridized carbons (Fsp3) is 0.0667. The van der Waals surface area contributed by atoms with Gasteiger partial charge in [-0.2, -0.15) is 0 Å². The molecule has 106 valence electrons. The van der Waals surface area contributed by atoms with Crippen LogP contribution >= 0.6 is 33.9 Å². The van der Waals surface area contributed by atoms with Crippen LogP contribution in [-0.2, 0) is 11.3 Å². The Morgan fingerprint density at radius 1 is 1.33 bits per heavy atom. The maximum Gasteiger partial charge on any atom is 0.244 e. The van der Waals surface area contributed by atoms with Crippen molar-refractivity contribution in [3.8, 4) is 0 Å². The molecule has 1 amide bonds. The van der Waals surface area contributed by atoms with E-state index in [0.29, 0.717) is 12.3 Å². The van der Waals surface area contributed by atoms with Gasteiger partial charge in [-0.15, -0.1) is 11.3 Å². The molecule has 2 heterocycles. The molecule has 4 nitrogen and oxygen atoms in total. The Labute approximate surface area is 139 Å². The van der Waals surface area contributed by atoms with Crippen molar-refractivity contribution in [1.82, 2.24) is 10.3 Å². The number of carbonyl (C=O) groups is 1. The number of furan rings is 1. The fourth-order valence-corrected chi connectivity index (χ4v) is 3.13. The van der Waals surface area contributed by atoms with E-state index in [1.54, 1.807) is 17.4 Å². The highest BCUT2D eigenvalue weighted by Crippen LogP contribution is 2.21. The van der Waals surface area contributed by atoms with Crippen molar-refractivity contribution in [2.75, 3.05) is 0 Å². The lowest BCUT2D eigenvalue weighted by atomic mass is 10.3. The van der Waals surface area contributed by atoms with Crippen LogP contribution in [0.25, 0.3) is 16.3 Å². The van der Waals surface area contributed by atoms with Gasteiger partial charge in [-0.1, -0.05) is 12.1 Å². The third kappa shape index (κ3) is 3.70. The molecule has 3 rings (SSSR count). The number of carbonyl (C=O) groups excluding carboxylic acids is 1. The molecule has 0 saturated heterocycles. The Kier molecular flexibility index (Phi) is 4.35. The smallest absolute Gasteiger partial charge is 0.244 e. The number of nitrogens with one attached hydrogen (secondary N) is 1. The number of aromatic nitrogens is 1. The predicted octanol–water partition coefficient (Wildman–Crippen LogP) is 3.82. The van der Waals surface area contributed by atoms with E-state index in [0.717, 1.165) is 19.0 Å². The number of thiazole rings is 1. The minimum absolute atomic E-state index is 0.166. The molecule has 2 aromatic heterocycles. The van der Waals surface area contributed by atoms with Crippen LogP contribution in [0.15, 0.2) is 46.9 Å². The van der Waals surface area contributed by atoms with Crippen LogP contribution in [0.1, 0.15) is 10.8 Å². The largest absolute Gasteiger partial charge is 0.451 e. The van der Waals surface area contributed by atoms with Gasteiger partial charge in [-0.3, -0.25) is 4.79 Å². The Morgan fingerprint density at radius 3 is 2.95 bits per heavy atom. The van der Waals surface area contributed by atoms with Crippen molar-refractivity contribution >= 4 is 56.1 Å². The standard InChI is InChI=1S/C15H11IN2O2S/c16-13-7-5-10(20-13)6-8-14(19)17-9-15-18-11-3-1-2-4-12(11)21-15/h1-8H,9H2,(H,17,19)/b8-6+. The summed E-state index contributed by atoms with van der Waals surface area (Å²) < 4.78 is 7.27. The molecule has 0 fully saturated rings. The SMILES string of the molecule is O=C(/C=C/c1ccc(I)o1)NCc1nc2ccccc2s1. The van der Waals surface area contributed by atoms with Crippen molar-refractivity contribution in [2.24, 2.45) is 0 Å². The summed E-state index contributed by atoms with van der Waals surface area (Å²) in [6.45, 7) is 0.429. The number of halogens is 1. The Bertz CT molecular complexity index is 774. The molecule has 1 aromatic carbocycles. The van der Waals surface area contributed by atoms with Gasteiger partial charge in [0.05, 0.1) is 16.8 Å². The highest BCUT2D eigenvalue weighted by Gasteiger charge is 2.04. The summed E-state index contributed by atoms with van der Waals surface area (Å²) in [5, 5.41) is 3.71. The van der Waals surface area contributed by atoms with E-state index < -0.39 is 0 Å². The summed E-state index contributed by atoms with van der Waals surface area (Å²) in [4.78, 5) is 16.2. The first-order chi connectivity index (χ1) is 10.2. The topological polar surface area (TPSA) is 55.1 Å². The monoisotopic (exact) mass is 410 g/mol. The fourth-order valence-electron chi connectivity index (χ4n) is 1.79. The zero-order chi connectivity index (χ0) is 14.7. The third-order valence-corrected chi connectivity index (χ3v) is 4.36. The van der Waals surface area contributed by atoms with Gasteiger partial charge in [0, 0.05) is 6.08 Å². The van der Waals surface area contributed by atoms with Crippen LogP contribution in [0.3, 0.4) is 0 Å². The molecule has 0 aliphatic rings. The molecule has 0 aliphatic heterocycles. The van der Waals surface area contributed by atoms with Gasteiger partial charge in [-0.25, -0.2) is 4.98 Å². The number of para-hydroxylation sites is 1. The molecule has 6 heteroatoms. The van der Waals surface area contributed by atoms with Crippen LogP contribution in [0.5, 0.6) is 0 Å². The number of amides is 1. The van der Waals surface area contributed by atoms with Crippen molar-refractivity contribution in [3.63, 3.8) is 0 Å². The predicted molar refractivity (Wildman–Crippen MR) is 91.9 cm³/mol. The van der Waals surface area contributed by atoms with Gasteiger partial charge in [0.15, 0.2) is 3.77 Å². The van der Waals surface area contributed by atoms with Gasteiger partial charge in [0.2, 0.25) is 5.91 Å². The van der Waals surface area contributed by atoms with Gasteiger partial charge >= 0.3 is 0 Å². The van der Waals surface area contributed by atoms with E-state index in [1.165, 1.54) is 6.08 Å². The quantitative estimate of drug-likeness (QED) is 0.526. The first-order valence-electron chi connectivity index (χ1n) is 6.26. The van der Waals surface area contributed by atoms with Gasteiger partial charge in [0.25, 0.3) is 0 Å².